The minimum atomic E-state index is -0.116. The number of ether oxygens (including phenoxy) is 4. The lowest BCUT2D eigenvalue weighted by molar-refractivity contribution is 0.0912. The van der Waals surface area contributed by atoms with Crippen LogP contribution in [0.25, 0.3) is 0 Å². The molecule has 1 aliphatic heterocycles. The van der Waals surface area contributed by atoms with Crippen LogP contribution in [0.4, 0.5) is 0 Å². The van der Waals surface area contributed by atoms with Crippen LogP contribution in [0.5, 0.6) is 23.0 Å². The molecule has 4 rings (SSSR count). The van der Waals surface area contributed by atoms with E-state index < -0.39 is 0 Å². The summed E-state index contributed by atoms with van der Waals surface area (Å²) in [6.07, 6.45) is -0.116. The highest BCUT2D eigenvalue weighted by molar-refractivity contribution is 9.10. The molecule has 4 nitrogen and oxygen atoms in total. The van der Waals surface area contributed by atoms with Crippen LogP contribution in [0.15, 0.2) is 71.2 Å². The van der Waals surface area contributed by atoms with Gasteiger partial charge in [0.1, 0.15) is 24.7 Å². The fourth-order valence-electron chi connectivity index (χ4n) is 2.88. The average molecular weight is 427 g/mol. The molecular weight excluding hydrogens is 408 g/mol. The first-order chi connectivity index (χ1) is 13.2. The summed E-state index contributed by atoms with van der Waals surface area (Å²) in [6, 6.07) is 21.6. The molecule has 3 aromatic rings. The van der Waals surface area contributed by atoms with Gasteiger partial charge in [-0.1, -0.05) is 40.2 Å². The maximum Gasteiger partial charge on any atom is 0.162 e. The molecule has 0 amide bonds. The zero-order chi connectivity index (χ0) is 18.6. The van der Waals surface area contributed by atoms with Gasteiger partial charge in [-0.05, 0) is 53.6 Å². The minimum absolute atomic E-state index is 0.116. The lowest BCUT2D eigenvalue weighted by Crippen LogP contribution is -2.21. The van der Waals surface area contributed by atoms with Gasteiger partial charge in [0.15, 0.2) is 17.6 Å². The predicted octanol–water partition coefficient (Wildman–Crippen LogP) is 5.55. The van der Waals surface area contributed by atoms with Crippen molar-refractivity contribution < 1.29 is 18.9 Å². The van der Waals surface area contributed by atoms with Crippen LogP contribution in [0.1, 0.15) is 17.2 Å². The molecule has 138 valence electrons. The van der Waals surface area contributed by atoms with Crippen molar-refractivity contribution in [3.05, 3.63) is 82.3 Å². The van der Waals surface area contributed by atoms with E-state index >= 15 is 0 Å². The third-order valence-corrected chi connectivity index (χ3v) is 4.87. The summed E-state index contributed by atoms with van der Waals surface area (Å²) in [4.78, 5) is 0. The Hall–Kier alpha value is -2.66. The van der Waals surface area contributed by atoms with Crippen LogP contribution in [0.3, 0.4) is 0 Å². The number of fused-ring (bicyclic) bond motifs is 1. The molecule has 0 saturated heterocycles. The van der Waals surface area contributed by atoms with Crippen molar-refractivity contribution in [3.8, 4) is 23.0 Å². The van der Waals surface area contributed by atoms with Crippen LogP contribution in [-0.4, -0.2) is 13.7 Å². The monoisotopic (exact) mass is 426 g/mol. The second-order valence-electron chi connectivity index (χ2n) is 6.21. The molecule has 0 radical (unpaired) electrons. The summed E-state index contributed by atoms with van der Waals surface area (Å²) in [6.45, 7) is 0.997. The normalized spacial score (nSPS) is 15.3. The second kappa shape index (κ2) is 7.92. The quantitative estimate of drug-likeness (QED) is 0.535. The van der Waals surface area contributed by atoms with Crippen LogP contribution in [-0.2, 0) is 6.61 Å². The summed E-state index contributed by atoms with van der Waals surface area (Å²) >= 11 is 3.44. The molecule has 0 N–H and O–H groups in total. The van der Waals surface area contributed by atoms with Crippen molar-refractivity contribution in [2.75, 3.05) is 13.7 Å². The zero-order valence-electron chi connectivity index (χ0n) is 14.9. The third kappa shape index (κ3) is 4.19. The van der Waals surface area contributed by atoms with E-state index in [1.54, 1.807) is 7.11 Å². The smallest absolute Gasteiger partial charge is 0.162 e. The molecule has 3 aromatic carbocycles. The van der Waals surface area contributed by atoms with E-state index in [2.05, 4.69) is 40.2 Å². The van der Waals surface area contributed by atoms with Gasteiger partial charge in [-0.3, -0.25) is 0 Å². The van der Waals surface area contributed by atoms with E-state index in [9.17, 15) is 0 Å². The maximum atomic E-state index is 6.08. The topological polar surface area (TPSA) is 36.9 Å². The Morgan fingerprint density at radius 3 is 2.41 bits per heavy atom. The molecule has 1 unspecified atom stereocenters. The zero-order valence-corrected chi connectivity index (χ0v) is 16.4. The third-order valence-electron chi connectivity index (χ3n) is 4.38. The van der Waals surface area contributed by atoms with Crippen LogP contribution >= 0.6 is 15.9 Å². The summed E-state index contributed by atoms with van der Waals surface area (Å²) in [5.41, 5.74) is 2.17. The predicted molar refractivity (Wildman–Crippen MR) is 107 cm³/mol. The molecule has 0 saturated carbocycles. The van der Waals surface area contributed by atoms with Gasteiger partial charge < -0.3 is 18.9 Å². The molecule has 5 heteroatoms. The van der Waals surface area contributed by atoms with Crippen molar-refractivity contribution >= 4 is 15.9 Å². The summed E-state index contributed by atoms with van der Waals surface area (Å²) in [7, 11) is 1.65. The second-order valence-corrected chi connectivity index (χ2v) is 7.13. The highest BCUT2D eigenvalue weighted by Gasteiger charge is 2.22. The number of halogens is 1. The molecule has 0 aliphatic carbocycles. The number of benzene rings is 3. The summed E-state index contributed by atoms with van der Waals surface area (Å²) in [5, 5.41) is 0. The molecule has 1 aliphatic rings. The lowest BCUT2D eigenvalue weighted by atomic mass is 10.1. The number of methoxy groups -OCH3 is 1. The van der Waals surface area contributed by atoms with Crippen LogP contribution in [0.2, 0.25) is 0 Å². The highest BCUT2D eigenvalue weighted by atomic mass is 79.9. The maximum absolute atomic E-state index is 6.08. The number of hydrogen-bond acceptors (Lipinski definition) is 4. The van der Waals surface area contributed by atoms with Gasteiger partial charge in [-0.2, -0.15) is 0 Å². The SMILES string of the molecule is COc1ccc(OCc2ccc(C3COc4cc(Br)ccc4O3)cc2)cc1. The largest absolute Gasteiger partial charge is 0.497 e. The van der Waals surface area contributed by atoms with E-state index in [0.29, 0.717) is 13.2 Å². The Balaban J connectivity index is 1.38. The molecule has 1 heterocycles. The minimum Gasteiger partial charge on any atom is -0.497 e. The van der Waals surface area contributed by atoms with Gasteiger partial charge >= 0.3 is 0 Å². The molecule has 0 spiro atoms. The molecular formula is C22H19BrO4. The number of hydrogen-bond donors (Lipinski definition) is 0. The van der Waals surface area contributed by atoms with Gasteiger partial charge in [0.05, 0.1) is 7.11 Å². The average Bonchev–Trinajstić information content (AvgIpc) is 2.72. The van der Waals surface area contributed by atoms with Crippen molar-refractivity contribution in [3.63, 3.8) is 0 Å². The Morgan fingerprint density at radius 2 is 1.67 bits per heavy atom. The molecule has 0 aromatic heterocycles. The molecule has 0 bridgehead atoms. The van der Waals surface area contributed by atoms with E-state index in [0.717, 1.165) is 38.6 Å². The van der Waals surface area contributed by atoms with Gasteiger partial charge in [0.25, 0.3) is 0 Å². The fourth-order valence-corrected chi connectivity index (χ4v) is 3.22. The van der Waals surface area contributed by atoms with Gasteiger partial charge in [0, 0.05) is 4.47 Å². The fraction of sp³-hybridized carbons (Fsp3) is 0.182. The van der Waals surface area contributed by atoms with Crippen LogP contribution in [0, 0.1) is 0 Å². The van der Waals surface area contributed by atoms with Crippen LogP contribution < -0.4 is 18.9 Å². The standard InChI is InChI=1S/C22H19BrO4/c1-24-18-7-9-19(10-8-18)25-13-15-2-4-16(5-3-15)22-14-26-21-12-17(23)6-11-20(21)27-22/h2-12,22H,13-14H2,1H3. The first-order valence-electron chi connectivity index (χ1n) is 8.66. The van der Waals surface area contributed by atoms with E-state index in [4.69, 9.17) is 18.9 Å². The van der Waals surface area contributed by atoms with E-state index in [1.807, 2.05) is 42.5 Å². The first-order valence-corrected chi connectivity index (χ1v) is 9.45. The molecule has 27 heavy (non-hydrogen) atoms. The first kappa shape index (κ1) is 17.7. The van der Waals surface area contributed by atoms with Gasteiger partial charge in [-0.15, -0.1) is 0 Å². The Bertz CT molecular complexity index is 907. The van der Waals surface area contributed by atoms with Crippen molar-refractivity contribution in [1.29, 1.82) is 0 Å². The Morgan fingerprint density at radius 1 is 0.926 bits per heavy atom. The van der Waals surface area contributed by atoms with E-state index in [-0.39, 0.29) is 6.10 Å². The van der Waals surface area contributed by atoms with Gasteiger partial charge in [0.2, 0.25) is 0 Å². The van der Waals surface area contributed by atoms with Crippen molar-refractivity contribution in [1.82, 2.24) is 0 Å². The summed E-state index contributed by atoms with van der Waals surface area (Å²) < 4.78 is 23.9. The van der Waals surface area contributed by atoms with Gasteiger partial charge in [-0.25, -0.2) is 0 Å². The Labute approximate surface area is 166 Å². The molecule has 0 fully saturated rings. The Kier molecular flexibility index (Phi) is 5.21. The number of rotatable bonds is 5. The van der Waals surface area contributed by atoms with E-state index in [1.165, 1.54) is 0 Å². The van der Waals surface area contributed by atoms with Crippen molar-refractivity contribution in [2.45, 2.75) is 12.7 Å². The lowest BCUT2D eigenvalue weighted by Gasteiger charge is -2.27. The van der Waals surface area contributed by atoms with Crippen molar-refractivity contribution in [2.24, 2.45) is 0 Å². The summed E-state index contributed by atoms with van der Waals surface area (Å²) in [5.74, 6) is 3.16. The molecule has 1 atom stereocenters. The highest BCUT2D eigenvalue weighted by Crippen LogP contribution is 2.38.